The Labute approximate surface area is 124 Å². The van der Waals surface area contributed by atoms with Crippen molar-refractivity contribution in [2.24, 2.45) is 12.8 Å². The third-order valence-corrected chi connectivity index (χ3v) is 3.74. The van der Waals surface area contributed by atoms with Gasteiger partial charge in [0, 0.05) is 18.3 Å². The number of nitrogens with one attached hydrogen (secondary N) is 1. The summed E-state index contributed by atoms with van der Waals surface area (Å²) in [6.45, 7) is 1.81. The first-order chi connectivity index (χ1) is 9.40. The second kappa shape index (κ2) is 5.46. The Bertz CT molecular complexity index is 676. The topological polar surface area (TPSA) is 90.0 Å². The van der Waals surface area contributed by atoms with E-state index in [0.29, 0.717) is 21.4 Å². The molecule has 2 amide bonds. The van der Waals surface area contributed by atoms with Crippen molar-refractivity contribution < 1.29 is 9.59 Å². The van der Waals surface area contributed by atoms with Gasteiger partial charge in [0.25, 0.3) is 5.91 Å². The van der Waals surface area contributed by atoms with Crippen molar-refractivity contribution in [3.05, 3.63) is 45.7 Å². The Kier molecular flexibility index (Phi) is 3.89. The number of nitrogens with two attached hydrogens (primary N) is 1. The van der Waals surface area contributed by atoms with Crippen molar-refractivity contribution in [2.75, 3.05) is 5.32 Å². The van der Waals surface area contributed by atoms with Crippen molar-refractivity contribution in [3.63, 3.8) is 0 Å². The molecule has 0 saturated heterocycles. The molecule has 0 spiro atoms. The molecule has 0 bridgehead atoms. The number of anilines is 1. The number of carbonyl (C=O) groups excluding carboxylic acids is 2. The van der Waals surface area contributed by atoms with Crippen molar-refractivity contribution in [1.29, 1.82) is 0 Å². The van der Waals surface area contributed by atoms with Gasteiger partial charge in [-0.3, -0.25) is 14.3 Å². The average Bonchev–Trinajstić information content (AvgIpc) is 2.63. The highest BCUT2D eigenvalue weighted by molar-refractivity contribution is 9.10. The smallest absolute Gasteiger partial charge is 0.275 e. The van der Waals surface area contributed by atoms with Crippen LogP contribution in [0.4, 0.5) is 5.69 Å². The number of benzene rings is 1. The summed E-state index contributed by atoms with van der Waals surface area (Å²) in [6, 6.07) is 6.35. The van der Waals surface area contributed by atoms with E-state index in [1.54, 1.807) is 31.3 Å². The Morgan fingerprint density at radius 3 is 2.35 bits per heavy atom. The van der Waals surface area contributed by atoms with Gasteiger partial charge in [0.05, 0.1) is 10.2 Å². The highest BCUT2D eigenvalue weighted by atomic mass is 79.9. The molecule has 7 heteroatoms. The van der Waals surface area contributed by atoms with E-state index in [4.69, 9.17) is 5.73 Å². The zero-order valence-electron chi connectivity index (χ0n) is 11.0. The summed E-state index contributed by atoms with van der Waals surface area (Å²) in [5, 5.41) is 6.90. The number of amides is 2. The third-order valence-electron chi connectivity index (χ3n) is 2.79. The van der Waals surface area contributed by atoms with Gasteiger partial charge in [-0.15, -0.1) is 0 Å². The maximum Gasteiger partial charge on any atom is 0.275 e. The van der Waals surface area contributed by atoms with Crippen LogP contribution in [0.25, 0.3) is 0 Å². The van der Waals surface area contributed by atoms with Crippen LogP contribution >= 0.6 is 15.9 Å². The lowest BCUT2D eigenvalue weighted by Crippen LogP contribution is -2.17. The van der Waals surface area contributed by atoms with E-state index in [1.165, 1.54) is 4.68 Å². The maximum atomic E-state index is 12.2. The summed E-state index contributed by atoms with van der Waals surface area (Å²) in [5.41, 5.74) is 7.29. The van der Waals surface area contributed by atoms with E-state index < -0.39 is 5.91 Å². The molecule has 0 unspecified atom stereocenters. The molecule has 0 atom stereocenters. The van der Waals surface area contributed by atoms with Gasteiger partial charge in [0.2, 0.25) is 5.91 Å². The Hall–Kier alpha value is -2.15. The second-order valence-corrected chi connectivity index (χ2v) is 5.06. The first-order valence-corrected chi connectivity index (χ1v) is 6.59. The summed E-state index contributed by atoms with van der Waals surface area (Å²) in [6.07, 6.45) is 0. The number of rotatable bonds is 3. The van der Waals surface area contributed by atoms with E-state index >= 15 is 0 Å². The van der Waals surface area contributed by atoms with Crippen LogP contribution in [-0.4, -0.2) is 21.6 Å². The first kappa shape index (κ1) is 14.3. The minimum Gasteiger partial charge on any atom is -0.366 e. The molecular weight excluding hydrogens is 324 g/mol. The monoisotopic (exact) mass is 336 g/mol. The number of nitrogens with zero attached hydrogens (tertiary/aromatic N) is 2. The van der Waals surface area contributed by atoms with Gasteiger partial charge in [-0.2, -0.15) is 5.10 Å². The molecule has 0 saturated carbocycles. The van der Waals surface area contributed by atoms with Gasteiger partial charge in [-0.05, 0) is 47.1 Å². The molecule has 1 aromatic carbocycles. The van der Waals surface area contributed by atoms with Crippen molar-refractivity contribution in [3.8, 4) is 0 Å². The molecule has 2 aromatic rings. The zero-order valence-corrected chi connectivity index (χ0v) is 12.6. The quantitative estimate of drug-likeness (QED) is 0.895. The molecule has 0 aliphatic rings. The highest BCUT2D eigenvalue weighted by Crippen LogP contribution is 2.21. The fraction of sp³-hybridized carbons (Fsp3) is 0.154. The zero-order chi connectivity index (χ0) is 14.9. The van der Waals surface area contributed by atoms with Crippen LogP contribution in [-0.2, 0) is 7.05 Å². The summed E-state index contributed by atoms with van der Waals surface area (Å²) in [4.78, 5) is 23.2. The van der Waals surface area contributed by atoms with E-state index in [2.05, 4.69) is 26.3 Å². The Balaban J connectivity index is 2.21. The molecule has 20 heavy (non-hydrogen) atoms. The standard InChI is InChI=1S/C13H13BrN4O2/c1-7-10(14)11(18(2)17-7)13(20)16-9-5-3-8(4-6-9)12(15)19/h3-6H,1-2H3,(H2,15,19)(H,16,20). The molecule has 6 nitrogen and oxygen atoms in total. The number of carbonyl (C=O) groups is 2. The molecule has 0 fully saturated rings. The molecule has 2 rings (SSSR count). The van der Waals surface area contributed by atoms with Gasteiger partial charge < -0.3 is 11.1 Å². The number of aryl methyl sites for hydroxylation is 2. The van der Waals surface area contributed by atoms with E-state index in [-0.39, 0.29) is 5.91 Å². The average molecular weight is 337 g/mol. The van der Waals surface area contributed by atoms with Crippen molar-refractivity contribution in [2.45, 2.75) is 6.92 Å². The Morgan fingerprint density at radius 2 is 1.90 bits per heavy atom. The molecule has 0 aliphatic heterocycles. The lowest BCUT2D eigenvalue weighted by atomic mass is 10.2. The van der Waals surface area contributed by atoms with Crippen molar-refractivity contribution >= 4 is 33.4 Å². The van der Waals surface area contributed by atoms with Gasteiger partial charge in [-0.25, -0.2) is 0 Å². The molecule has 104 valence electrons. The number of primary amides is 1. The minimum absolute atomic E-state index is 0.285. The SMILES string of the molecule is Cc1nn(C)c(C(=O)Nc2ccc(C(N)=O)cc2)c1Br. The third kappa shape index (κ3) is 2.72. The van der Waals surface area contributed by atoms with Gasteiger partial charge in [-0.1, -0.05) is 0 Å². The van der Waals surface area contributed by atoms with Gasteiger partial charge in [0.15, 0.2) is 0 Å². The van der Waals surface area contributed by atoms with E-state index in [9.17, 15) is 9.59 Å². The summed E-state index contributed by atoms with van der Waals surface area (Å²) in [5.74, 6) is -0.792. The second-order valence-electron chi connectivity index (χ2n) is 4.27. The molecule has 1 heterocycles. The lowest BCUT2D eigenvalue weighted by molar-refractivity contribution is 0.0997. The molecule has 0 aliphatic carbocycles. The lowest BCUT2D eigenvalue weighted by Gasteiger charge is -2.06. The van der Waals surface area contributed by atoms with Gasteiger partial charge >= 0.3 is 0 Å². The number of hydrogen-bond donors (Lipinski definition) is 2. The summed E-state index contributed by atoms with van der Waals surface area (Å²) < 4.78 is 2.17. The van der Waals surface area contributed by atoms with Crippen LogP contribution in [0.3, 0.4) is 0 Å². The van der Waals surface area contributed by atoms with Crippen LogP contribution in [0, 0.1) is 6.92 Å². The number of aromatic nitrogens is 2. The minimum atomic E-state index is -0.507. The molecular formula is C13H13BrN4O2. The van der Waals surface area contributed by atoms with Gasteiger partial charge in [0.1, 0.15) is 5.69 Å². The summed E-state index contributed by atoms with van der Waals surface area (Å²) in [7, 11) is 1.70. The van der Waals surface area contributed by atoms with E-state index in [1.807, 2.05) is 6.92 Å². The normalized spacial score (nSPS) is 10.3. The number of halogens is 1. The van der Waals surface area contributed by atoms with E-state index in [0.717, 1.165) is 5.69 Å². The Morgan fingerprint density at radius 1 is 1.30 bits per heavy atom. The van der Waals surface area contributed by atoms with Crippen LogP contribution in [0.2, 0.25) is 0 Å². The maximum absolute atomic E-state index is 12.2. The van der Waals surface area contributed by atoms with Crippen LogP contribution in [0.5, 0.6) is 0 Å². The molecule has 3 N–H and O–H groups in total. The fourth-order valence-electron chi connectivity index (χ4n) is 1.79. The largest absolute Gasteiger partial charge is 0.366 e. The fourth-order valence-corrected chi connectivity index (χ4v) is 2.30. The van der Waals surface area contributed by atoms with Crippen LogP contribution in [0.1, 0.15) is 26.5 Å². The first-order valence-electron chi connectivity index (χ1n) is 5.80. The highest BCUT2D eigenvalue weighted by Gasteiger charge is 2.18. The molecule has 1 aromatic heterocycles. The van der Waals surface area contributed by atoms with Crippen molar-refractivity contribution in [1.82, 2.24) is 9.78 Å². The van der Waals surface area contributed by atoms with Crippen LogP contribution < -0.4 is 11.1 Å². The predicted molar refractivity (Wildman–Crippen MR) is 78.6 cm³/mol. The summed E-state index contributed by atoms with van der Waals surface area (Å²) >= 11 is 3.34. The van der Waals surface area contributed by atoms with Crippen LogP contribution in [0.15, 0.2) is 28.7 Å². The predicted octanol–water partition coefficient (Wildman–Crippen LogP) is 1.84. The number of hydrogen-bond acceptors (Lipinski definition) is 3. The molecule has 0 radical (unpaired) electrons.